The van der Waals surface area contributed by atoms with E-state index in [9.17, 15) is 19.1 Å². The Morgan fingerprint density at radius 3 is 2.67 bits per heavy atom. The molecule has 7 nitrogen and oxygen atoms in total. The molecule has 18 heavy (non-hydrogen) atoms. The Kier molecular flexibility index (Phi) is 2.93. The van der Waals surface area contributed by atoms with E-state index >= 15 is 0 Å². The van der Waals surface area contributed by atoms with Gasteiger partial charge in [0.05, 0.1) is 6.57 Å². The summed E-state index contributed by atoms with van der Waals surface area (Å²) >= 11 is 0. The summed E-state index contributed by atoms with van der Waals surface area (Å²) in [6, 6.07) is 4.98. The molecule has 2 aromatic rings. The van der Waals surface area contributed by atoms with Crippen molar-refractivity contribution in [3.05, 3.63) is 46.1 Å². The minimum atomic E-state index is -5.16. The molecule has 0 radical (unpaired) electrons. The summed E-state index contributed by atoms with van der Waals surface area (Å²) < 4.78 is 19.3. The number of nitrogens with zero attached hydrogens (tertiary/aromatic N) is 1. The van der Waals surface area contributed by atoms with E-state index in [-0.39, 0.29) is 17.0 Å². The number of hydrogen-bond acceptors (Lipinski definition) is 6. The average Bonchev–Trinajstić information content (AvgIpc) is 2.25. The maximum Gasteiger partial charge on any atom is 0.341 e. The fourth-order valence-electron chi connectivity index (χ4n) is 1.34. The Labute approximate surface area is 100 Å². The molecule has 2 rings (SSSR count). The Morgan fingerprint density at radius 2 is 2.06 bits per heavy atom. The van der Waals surface area contributed by atoms with Crippen LogP contribution in [0.25, 0.3) is 15.8 Å². The molecular formula is C10H4NO6P-2. The van der Waals surface area contributed by atoms with Crippen LogP contribution in [0.2, 0.25) is 0 Å². The Morgan fingerprint density at radius 1 is 1.33 bits per heavy atom. The van der Waals surface area contributed by atoms with Crippen molar-refractivity contribution in [2.75, 3.05) is 0 Å². The molecule has 0 atom stereocenters. The zero-order chi connectivity index (χ0) is 13.3. The van der Waals surface area contributed by atoms with Gasteiger partial charge in [0.15, 0.2) is 0 Å². The van der Waals surface area contributed by atoms with Crippen LogP contribution in [-0.4, -0.2) is 0 Å². The van der Waals surface area contributed by atoms with E-state index in [1.165, 1.54) is 18.2 Å². The first-order valence-electron chi connectivity index (χ1n) is 4.56. The van der Waals surface area contributed by atoms with Gasteiger partial charge >= 0.3 is 5.63 Å². The van der Waals surface area contributed by atoms with Gasteiger partial charge in [-0.2, -0.15) is 0 Å². The summed E-state index contributed by atoms with van der Waals surface area (Å²) in [5.41, 5.74) is -1.00. The monoisotopic (exact) mass is 265 g/mol. The molecular weight excluding hydrogens is 261 g/mol. The van der Waals surface area contributed by atoms with Crippen molar-refractivity contribution < 1.29 is 23.3 Å². The number of hydrogen-bond donors (Lipinski definition) is 0. The lowest BCUT2D eigenvalue weighted by Crippen LogP contribution is -2.18. The molecule has 1 aromatic heterocycles. The molecule has 8 heteroatoms. The van der Waals surface area contributed by atoms with Gasteiger partial charge in [-0.3, -0.25) is 4.79 Å². The van der Waals surface area contributed by atoms with Crippen LogP contribution in [-0.2, 0) is 4.57 Å². The van der Waals surface area contributed by atoms with Crippen molar-refractivity contribution in [1.82, 2.24) is 0 Å². The largest absolute Gasteiger partial charge is 0.780 e. The van der Waals surface area contributed by atoms with Crippen LogP contribution < -0.4 is 19.9 Å². The van der Waals surface area contributed by atoms with Crippen LogP contribution in [0.5, 0.6) is 5.75 Å². The van der Waals surface area contributed by atoms with Gasteiger partial charge < -0.3 is 23.3 Å². The summed E-state index contributed by atoms with van der Waals surface area (Å²) in [4.78, 5) is 35.1. The van der Waals surface area contributed by atoms with Gasteiger partial charge in [-0.1, -0.05) is 0 Å². The van der Waals surface area contributed by atoms with E-state index in [1.54, 1.807) is 0 Å². The second-order valence-electron chi connectivity index (χ2n) is 3.27. The molecule has 0 fully saturated rings. The molecule has 0 aliphatic rings. The summed E-state index contributed by atoms with van der Waals surface area (Å²) in [7, 11) is -5.16. The molecule has 0 unspecified atom stereocenters. The SMILES string of the molecule is [C-]#[N+]c1cc2ccc(OP(=O)([O-])[O-])cc2oc1=O. The maximum atomic E-state index is 11.3. The maximum absolute atomic E-state index is 11.3. The van der Waals surface area contributed by atoms with E-state index in [4.69, 9.17) is 11.0 Å². The number of benzene rings is 1. The smallest absolute Gasteiger partial charge is 0.341 e. The fourth-order valence-corrected chi connectivity index (χ4v) is 1.72. The number of fused-ring (bicyclic) bond motifs is 1. The van der Waals surface area contributed by atoms with Crippen molar-refractivity contribution in [1.29, 1.82) is 0 Å². The van der Waals surface area contributed by atoms with E-state index in [1.807, 2.05) is 0 Å². The van der Waals surface area contributed by atoms with Crippen LogP contribution in [0.1, 0.15) is 0 Å². The van der Waals surface area contributed by atoms with Crippen molar-refractivity contribution in [2.45, 2.75) is 0 Å². The zero-order valence-corrected chi connectivity index (χ0v) is 9.55. The van der Waals surface area contributed by atoms with E-state index in [2.05, 4.69) is 9.37 Å². The van der Waals surface area contributed by atoms with Crippen molar-refractivity contribution in [2.24, 2.45) is 0 Å². The van der Waals surface area contributed by atoms with E-state index < -0.39 is 13.4 Å². The second-order valence-corrected chi connectivity index (χ2v) is 4.35. The Balaban J connectivity index is 2.57. The lowest BCUT2D eigenvalue weighted by Gasteiger charge is -2.28. The van der Waals surface area contributed by atoms with Gasteiger partial charge in [0, 0.05) is 11.5 Å². The van der Waals surface area contributed by atoms with E-state index in [0.29, 0.717) is 5.39 Å². The summed E-state index contributed by atoms with van der Waals surface area (Å²) in [6.07, 6.45) is 0. The minimum Gasteiger partial charge on any atom is -0.780 e. The molecule has 1 aromatic carbocycles. The number of rotatable bonds is 2. The summed E-state index contributed by atoms with van der Waals surface area (Å²) in [5.74, 6) is -0.255. The van der Waals surface area contributed by atoms with E-state index in [0.717, 1.165) is 6.07 Å². The standard InChI is InChI=1S/C10H6NO6P/c1-11-8-4-6-2-3-7(17-18(13,14)15)5-9(6)16-10(8)12/h2-5H,(H2,13,14,15)/p-2. The Bertz CT molecular complexity index is 753. The first-order valence-corrected chi connectivity index (χ1v) is 6.02. The predicted molar refractivity (Wildman–Crippen MR) is 57.0 cm³/mol. The number of phosphoric acid groups is 1. The van der Waals surface area contributed by atoms with Gasteiger partial charge in [0.1, 0.15) is 19.2 Å². The van der Waals surface area contributed by atoms with Crippen LogP contribution >= 0.6 is 7.82 Å². The lowest BCUT2D eigenvalue weighted by atomic mass is 10.2. The molecule has 0 aliphatic heterocycles. The lowest BCUT2D eigenvalue weighted by molar-refractivity contribution is -0.333. The first kappa shape index (κ1) is 12.3. The van der Waals surface area contributed by atoms with Crippen LogP contribution in [0.3, 0.4) is 0 Å². The highest BCUT2D eigenvalue weighted by Crippen LogP contribution is 2.31. The number of phosphoric ester groups is 1. The molecule has 0 saturated carbocycles. The molecule has 0 bridgehead atoms. The average molecular weight is 265 g/mol. The Hall–Kier alpha value is -2.13. The summed E-state index contributed by atoms with van der Waals surface area (Å²) in [5, 5.41) is 0.416. The molecule has 1 heterocycles. The highest BCUT2D eigenvalue weighted by molar-refractivity contribution is 7.43. The third-order valence-corrected chi connectivity index (χ3v) is 2.46. The zero-order valence-electron chi connectivity index (χ0n) is 8.65. The van der Waals surface area contributed by atoms with Crippen LogP contribution in [0.15, 0.2) is 33.5 Å². The van der Waals surface area contributed by atoms with Crippen molar-refractivity contribution in [3.8, 4) is 5.75 Å². The van der Waals surface area contributed by atoms with Crippen molar-refractivity contribution >= 4 is 24.5 Å². The summed E-state index contributed by atoms with van der Waals surface area (Å²) in [6.45, 7) is 6.74. The third kappa shape index (κ3) is 2.57. The van der Waals surface area contributed by atoms with Gasteiger partial charge in [0.2, 0.25) is 0 Å². The highest BCUT2D eigenvalue weighted by atomic mass is 31.2. The fraction of sp³-hybridized carbons (Fsp3) is 0. The van der Waals surface area contributed by atoms with Gasteiger partial charge in [-0.05, 0) is 18.2 Å². The normalized spacial score (nSPS) is 11.2. The van der Waals surface area contributed by atoms with Gasteiger partial charge in [-0.15, -0.1) is 0 Å². The van der Waals surface area contributed by atoms with Crippen LogP contribution in [0, 0.1) is 6.57 Å². The molecule has 0 aliphatic carbocycles. The topological polar surface area (TPSA) is 107 Å². The highest BCUT2D eigenvalue weighted by Gasteiger charge is 2.06. The van der Waals surface area contributed by atoms with Crippen LogP contribution in [0.4, 0.5) is 5.69 Å². The molecule has 0 saturated heterocycles. The second kappa shape index (κ2) is 4.27. The molecule has 92 valence electrons. The van der Waals surface area contributed by atoms with Gasteiger partial charge in [0.25, 0.3) is 5.69 Å². The molecule has 0 spiro atoms. The first-order chi connectivity index (χ1) is 8.39. The van der Waals surface area contributed by atoms with Crippen molar-refractivity contribution in [3.63, 3.8) is 0 Å². The quantitative estimate of drug-likeness (QED) is 0.446. The minimum absolute atomic E-state index is 0.0263. The third-order valence-electron chi connectivity index (χ3n) is 2.03. The predicted octanol–water partition coefficient (Wildman–Crippen LogP) is 0.551. The molecule has 0 N–H and O–H groups in total. The van der Waals surface area contributed by atoms with Gasteiger partial charge in [-0.25, -0.2) is 4.85 Å². The molecule has 0 amide bonds.